The molecule has 1 N–H and O–H groups in total. The number of hydrogen-bond acceptors (Lipinski definition) is 4. The number of benzene rings is 2. The van der Waals surface area contributed by atoms with Crippen molar-refractivity contribution < 1.29 is 13.2 Å². The monoisotopic (exact) mass is 438 g/mol. The topological polar surface area (TPSA) is 84.3 Å². The van der Waals surface area contributed by atoms with Crippen molar-refractivity contribution in [2.75, 3.05) is 16.7 Å². The summed E-state index contributed by atoms with van der Waals surface area (Å²) in [4.78, 5) is 13.0. The lowest BCUT2D eigenvalue weighted by atomic mass is 10.2. The molecular formula is C23H26N4O3S. The number of anilines is 2. The number of rotatable bonds is 7. The third-order valence-corrected chi connectivity index (χ3v) is 7.32. The number of aryl methyl sites for hydroxylation is 2. The molecule has 0 bridgehead atoms. The third-order valence-electron chi connectivity index (χ3n) is 5.53. The van der Waals surface area contributed by atoms with Crippen molar-refractivity contribution >= 4 is 27.4 Å². The van der Waals surface area contributed by atoms with Crippen LogP contribution in [0.25, 0.3) is 0 Å². The van der Waals surface area contributed by atoms with E-state index in [1.165, 1.54) is 36.3 Å². The highest BCUT2D eigenvalue weighted by molar-refractivity contribution is 7.92. The first-order valence-electron chi connectivity index (χ1n) is 10.2. The molecule has 0 aliphatic heterocycles. The minimum absolute atomic E-state index is 0.0615. The van der Waals surface area contributed by atoms with Gasteiger partial charge in [0.25, 0.3) is 15.9 Å². The van der Waals surface area contributed by atoms with E-state index < -0.39 is 10.0 Å². The quantitative estimate of drug-likeness (QED) is 0.605. The minimum atomic E-state index is -3.81. The van der Waals surface area contributed by atoms with Crippen LogP contribution in [0.3, 0.4) is 0 Å². The smallest absolute Gasteiger partial charge is 0.264 e. The second-order valence-corrected chi connectivity index (χ2v) is 10.1. The summed E-state index contributed by atoms with van der Waals surface area (Å²) < 4.78 is 29.3. The van der Waals surface area contributed by atoms with Gasteiger partial charge in [-0.25, -0.2) is 13.1 Å². The molecule has 31 heavy (non-hydrogen) atoms. The normalized spacial score (nSPS) is 13.8. The van der Waals surface area contributed by atoms with E-state index in [0.717, 1.165) is 17.7 Å². The van der Waals surface area contributed by atoms with E-state index in [2.05, 4.69) is 10.4 Å². The first-order chi connectivity index (χ1) is 14.8. The van der Waals surface area contributed by atoms with Crippen LogP contribution in [0, 0.1) is 19.8 Å². The number of carbonyl (C=O) groups is 1. The zero-order chi connectivity index (χ0) is 22.2. The molecule has 0 unspecified atom stereocenters. The van der Waals surface area contributed by atoms with Crippen molar-refractivity contribution in [2.24, 2.45) is 5.92 Å². The molecule has 2 aromatic carbocycles. The Morgan fingerprint density at radius 2 is 1.87 bits per heavy atom. The SMILES string of the molecule is Cc1ccc(N(C)S(=O)(=O)c2cccc(C(=O)Nc3c(C)cnn3CC3CC3)c2)cc1. The number of amides is 1. The number of nitrogens with zero attached hydrogens (tertiary/aromatic N) is 3. The zero-order valence-electron chi connectivity index (χ0n) is 17.9. The van der Waals surface area contributed by atoms with Gasteiger partial charge in [0.2, 0.25) is 0 Å². The highest BCUT2D eigenvalue weighted by atomic mass is 32.2. The predicted molar refractivity (Wildman–Crippen MR) is 121 cm³/mol. The molecule has 1 fully saturated rings. The summed E-state index contributed by atoms with van der Waals surface area (Å²) in [5, 5.41) is 7.27. The van der Waals surface area contributed by atoms with Gasteiger partial charge in [0.15, 0.2) is 0 Å². The van der Waals surface area contributed by atoms with Crippen molar-refractivity contribution in [1.29, 1.82) is 0 Å². The van der Waals surface area contributed by atoms with Crippen LogP contribution >= 0.6 is 0 Å². The highest BCUT2D eigenvalue weighted by Gasteiger charge is 2.25. The average molecular weight is 439 g/mol. The summed E-state index contributed by atoms with van der Waals surface area (Å²) in [6.45, 7) is 4.61. The molecule has 162 valence electrons. The lowest BCUT2D eigenvalue weighted by Gasteiger charge is -2.20. The highest BCUT2D eigenvalue weighted by Crippen LogP contribution is 2.32. The van der Waals surface area contributed by atoms with Crippen molar-refractivity contribution in [2.45, 2.75) is 38.1 Å². The van der Waals surface area contributed by atoms with Gasteiger partial charge in [-0.3, -0.25) is 9.10 Å². The summed E-state index contributed by atoms with van der Waals surface area (Å²) in [7, 11) is -2.30. The molecule has 4 rings (SSSR count). The third kappa shape index (κ3) is 4.49. The molecule has 1 saturated carbocycles. The van der Waals surface area contributed by atoms with Gasteiger partial charge in [-0.05, 0) is 62.9 Å². The van der Waals surface area contributed by atoms with Crippen LogP contribution in [0.1, 0.15) is 34.3 Å². The van der Waals surface area contributed by atoms with Gasteiger partial charge in [-0.15, -0.1) is 0 Å². The molecule has 0 radical (unpaired) electrons. The maximum Gasteiger partial charge on any atom is 0.264 e. The second-order valence-electron chi connectivity index (χ2n) is 8.09. The lowest BCUT2D eigenvalue weighted by Crippen LogP contribution is -2.27. The van der Waals surface area contributed by atoms with Crippen molar-refractivity contribution in [3.8, 4) is 0 Å². The van der Waals surface area contributed by atoms with Crippen LogP contribution in [-0.4, -0.2) is 31.2 Å². The largest absolute Gasteiger partial charge is 0.307 e. The fraction of sp³-hybridized carbons (Fsp3) is 0.304. The predicted octanol–water partition coefficient (Wildman–Crippen LogP) is 3.99. The standard InChI is InChI=1S/C23H26N4O3S/c1-16-7-11-20(12-8-16)26(3)31(29,30)21-6-4-5-19(13-21)23(28)25-22-17(2)14-24-27(22)15-18-9-10-18/h4-8,11-14,18H,9-10,15H2,1-3H3,(H,25,28). The minimum Gasteiger partial charge on any atom is -0.307 e. The summed E-state index contributed by atoms with van der Waals surface area (Å²) in [5.74, 6) is 0.901. The van der Waals surface area contributed by atoms with Gasteiger partial charge in [0, 0.05) is 24.7 Å². The number of carbonyl (C=O) groups excluding carboxylic acids is 1. The van der Waals surface area contributed by atoms with Crippen molar-refractivity contribution in [1.82, 2.24) is 9.78 Å². The number of sulfonamides is 1. The lowest BCUT2D eigenvalue weighted by molar-refractivity contribution is 0.102. The first-order valence-corrected chi connectivity index (χ1v) is 11.7. The number of aromatic nitrogens is 2. The Hall–Kier alpha value is -3.13. The molecule has 1 amide bonds. The van der Waals surface area contributed by atoms with E-state index in [1.807, 2.05) is 30.7 Å². The van der Waals surface area contributed by atoms with Crippen LogP contribution in [-0.2, 0) is 16.6 Å². The van der Waals surface area contributed by atoms with Crippen LogP contribution < -0.4 is 9.62 Å². The summed E-state index contributed by atoms with van der Waals surface area (Å²) in [5.41, 5.74) is 2.75. The Bertz CT molecular complexity index is 1210. The van der Waals surface area contributed by atoms with Gasteiger partial charge in [-0.1, -0.05) is 23.8 Å². The van der Waals surface area contributed by atoms with Crippen LogP contribution in [0.5, 0.6) is 0 Å². The van der Waals surface area contributed by atoms with Crippen LogP contribution in [0.4, 0.5) is 11.5 Å². The van der Waals surface area contributed by atoms with Crippen LogP contribution in [0.2, 0.25) is 0 Å². The number of hydrogen-bond donors (Lipinski definition) is 1. The van der Waals surface area contributed by atoms with Gasteiger partial charge in [0.05, 0.1) is 16.8 Å². The molecule has 1 aliphatic rings. The Morgan fingerprint density at radius 3 is 2.55 bits per heavy atom. The maximum absolute atomic E-state index is 13.1. The van der Waals surface area contributed by atoms with Gasteiger partial charge < -0.3 is 5.32 Å². The molecule has 1 heterocycles. The fourth-order valence-electron chi connectivity index (χ4n) is 3.35. The van der Waals surface area contributed by atoms with Crippen LogP contribution in [0.15, 0.2) is 59.6 Å². The molecule has 1 aliphatic carbocycles. The molecule has 1 aromatic heterocycles. The molecular weight excluding hydrogens is 412 g/mol. The Morgan fingerprint density at radius 1 is 1.16 bits per heavy atom. The molecule has 0 atom stereocenters. The van der Waals surface area contributed by atoms with Crippen molar-refractivity contribution in [3.05, 3.63) is 71.4 Å². The van der Waals surface area contributed by atoms with E-state index in [0.29, 0.717) is 17.4 Å². The molecule has 8 heteroatoms. The maximum atomic E-state index is 13.1. The van der Waals surface area contributed by atoms with E-state index in [-0.39, 0.29) is 16.4 Å². The Balaban J connectivity index is 1.57. The molecule has 3 aromatic rings. The first kappa shape index (κ1) is 21.1. The summed E-state index contributed by atoms with van der Waals surface area (Å²) in [6.07, 6.45) is 4.09. The summed E-state index contributed by atoms with van der Waals surface area (Å²) in [6, 6.07) is 13.3. The number of nitrogens with one attached hydrogen (secondary N) is 1. The molecule has 0 spiro atoms. The van der Waals surface area contributed by atoms with E-state index >= 15 is 0 Å². The van der Waals surface area contributed by atoms with Gasteiger partial charge in [0.1, 0.15) is 5.82 Å². The molecule has 7 nitrogen and oxygen atoms in total. The molecule has 0 saturated heterocycles. The Kier molecular flexibility index (Phi) is 5.58. The van der Waals surface area contributed by atoms with Gasteiger partial charge in [-0.2, -0.15) is 5.10 Å². The Labute approximate surface area is 182 Å². The zero-order valence-corrected chi connectivity index (χ0v) is 18.7. The fourth-order valence-corrected chi connectivity index (χ4v) is 4.60. The van der Waals surface area contributed by atoms with Gasteiger partial charge >= 0.3 is 0 Å². The van der Waals surface area contributed by atoms with Crippen molar-refractivity contribution in [3.63, 3.8) is 0 Å². The van der Waals surface area contributed by atoms with E-state index in [1.54, 1.807) is 30.5 Å². The van der Waals surface area contributed by atoms with E-state index in [9.17, 15) is 13.2 Å². The summed E-state index contributed by atoms with van der Waals surface area (Å²) >= 11 is 0. The average Bonchev–Trinajstić information content (AvgIpc) is 3.52. The second kappa shape index (κ2) is 8.19. The van der Waals surface area contributed by atoms with E-state index in [4.69, 9.17) is 0 Å².